The summed E-state index contributed by atoms with van der Waals surface area (Å²) in [5, 5.41) is 11.3. The highest BCUT2D eigenvalue weighted by Crippen LogP contribution is 2.39. The van der Waals surface area contributed by atoms with Crippen molar-refractivity contribution in [3.63, 3.8) is 0 Å². The molecule has 1 aliphatic rings. The van der Waals surface area contributed by atoms with Crippen LogP contribution in [0.5, 0.6) is 5.75 Å². The first-order chi connectivity index (χ1) is 13.2. The molecule has 6 heteroatoms. The van der Waals surface area contributed by atoms with Crippen LogP contribution in [0.3, 0.4) is 0 Å². The third-order valence-electron chi connectivity index (χ3n) is 5.03. The molecule has 0 radical (unpaired) electrons. The first kappa shape index (κ1) is 18.7. The molecular formula is C21H23ClN2O2S. The van der Waals surface area contributed by atoms with Crippen molar-refractivity contribution in [3.8, 4) is 17.0 Å². The largest absolute Gasteiger partial charge is 0.492 e. The summed E-state index contributed by atoms with van der Waals surface area (Å²) in [5.74, 6) is 0.709. The highest BCUT2D eigenvalue weighted by Gasteiger charge is 2.17. The Labute approximate surface area is 168 Å². The van der Waals surface area contributed by atoms with Crippen molar-refractivity contribution in [2.24, 2.45) is 0 Å². The molecule has 3 aromatic rings. The van der Waals surface area contributed by atoms with Gasteiger partial charge in [0.05, 0.1) is 28.1 Å². The molecule has 4 nitrogen and oxygen atoms in total. The lowest BCUT2D eigenvalue weighted by Crippen LogP contribution is -2.36. The van der Waals surface area contributed by atoms with Crippen molar-refractivity contribution < 1.29 is 9.84 Å². The Hall–Kier alpha value is -1.66. The second-order valence-corrected chi connectivity index (χ2v) is 8.10. The van der Waals surface area contributed by atoms with E-state index in [0.717, 1.165) is 60.2 Å². The van der Waals surface area contributed by atoms with E-state index in [0.29, 0.717) is 17.4 Å². The Balaban J connectivity index is 1.40. The van der Waals surface area contributed by atoms with Crippen LogP contribution < -0.4 is 4.74 Å². The molecule has 0 aliphatic carbocycles. The smallest absolute Gasteiger partial charge is 0.138 e. The van der Waals surface area contributed by atoms with E-state index in [1.165, 1.54) is 11.5 Å². The van der Waals surface area contributed by atoms with Crippen LogP contribution in [0.15, 0.2) is 42.5 Å². The number of hydrogen-bond donors (Lipinski definition) is 1. The first-order valence-electron chi connectivity index (χ1n) is 9.39. The standard InChI is InChI=1S/C21H23ClN2O2S/c22-20-17(21-16-5-1-2-8-19(16)27-23-21)6-3-7-18(20)26-14-4-11-24-12-9-15(25)10-13-24/h1-3,5-8,15,25H,4,9-14H2. The predicted octanol–water partition coefficient (Wildman–Crippen LogP) is 4.84. The normalized spacial score (nSPS) is 16.1. The molecule has 1 aliphatic heterocycles. The van der Waals surface area contributed by atoms with Crippen molar-refractivity contribution in [1.29, 1.82) is 0 Å². The van der Waals surface area contributed by atoms with Gasteiger partial charge in [0.25, 0.3) is 0 Å². The predicted molar refractivity (Wildman–Crippen MR) is 112 cm³/mol. The number of rotatable bonds is 6. The lowest BCUT2D eigenvalue weighted by Gasteiger charge is -2.29. The summed E-state index contributed by atoms with van der Waals surface area (Å²) in [7, 11) is 0. The number of aliphatic hydroxyl groups is 1. The lowest BCUT2D eigenvalue weighted by molar-refractivity contribution is 0.0800. The van der Waals surface area contributed by atoms with E-state index in [-0.39, 0.29) is 6.10 Å². The fourth-order valence-electron chi connectivity index (χ4n) is 3.50. The van der Waals surface area contributed by atoms with Crippen LogP contribution in [0.4, 0.5) is 0 Å². The van der Waals surface area contributed by atoms with E-state index in [9.17, 15) is 5.11 Å². The van der Waals surface area contributed by atoms with Crippen molar-refractivity contribution in [1.82, 2.24) is 9.27 Å². The average molecular weight is 403 g/mol. The number of fused-ring (bicyclic) bond motifs is 1. The molecule has 2 heterocycles. The summed E-state index contributed by atoms with van der Waals surface area (Å²) < 4.78 is 11.7. The molecule has 0 amide bonds. The molecule has 2 aromatic carbocycles. The molecule has 0 saturated carbocycles. The minimum atomic E-state index is -0.124. The minimum absolute atomic E-state index is 0.124. The molecule has 1 aromatic heterocycles. The molecule has 1 fully saturated rings. The number of halogens is 1. The highest BCUT2D eigenvalue weighted by atomic mass is 35.5. The van der Waals surface area contributed by atoms with Crippen molar-refractivity contribution in [2.45, 2.75) is 25.4 Å². The molecule has 0 atom stereocenters. The van der Waals surface area contributed by atoms with Gasteiger partial charge >= 0.3 is 0 Å². The number of hydrogen-bond acceptors (Lipinski definition) is 5. The fraction of sp³-hybridized carbons (Fsp3) is 0.381. The van der Waals surface area contributed by atoms with E-state index in [2.05, 4.69) is 21.4 Å². The number of aromatic nitrogens is 1. The summed E-state index contributed by atoms with van der Waals surface area (Å²) >= 11 is 8.13. The van der Waals surface area contributed by atoms with Gasteiger partial charge in [-0.1, -0.05) is 41.9 Å². The summed E-state index contributed by atoms with van der Waals surface area (Å²) in [5.41, 5.74) is 1.83. The molecule has 1 saturated heterocycles. The summed E-state index contributed by atoms with van der Waals surface area (Å²) in [6, 6.07) is 14.1. The van der Waals surface area contributed by atoms with Gasteiger partial charge in [-0.05, 0) is 42.9 Å². The van der Waals surface area contributed by atoms with E-state index in [1.807, 2.05) is 30.3 Å². The van der Waals surface area contributed by atoms with Crippen LogP contribution in [0.2, 0.25) is 5.02 Å². The van der Waals surface area contributed by atoms with E-state index in [1.54, 1.807) is 0 Å². The molecule has 0 bridgehead atoms. The summed E-state index contributed by atoms with van der Waals surface area (Å²) in [4.78, 5) is 2.38. The zero-order valence-corrected chi connectivity index (χ0v) is 16.7. The molecule has 1 N–H and O–H groups in total. The Morgan fingerprint density at radius 3 is 2.81 bits per heavy atom. The molecule has 142 valence electrons. The Morgan fingerprint density at radius 2 is 1.96 bits per heavy atom. The number of benzene rings is 2. The maximum atomic E-state index is 9.58. The van der Waals surface area contributed by atoms with Gasteiger partial charge in [0.15, 0.2) is 0 Å². The summed E-state index contributed by atoms with van der Waals surface area (Å²) in [6.07, 6.45) is 2.56. The topological polar surface area (TPSA) is 45.6 Å². The van der Waals surface area contributed by atoms with Crippen molar-refractivity contribution >= 4 is 33.2 Å². The SMILES string of the molecule is OC1CCN(CCCOc2cccc(-c3nsc4ccccc34)c2Cl)CC1. The van der Waals surface area contributed by atoms with Crippen LogP contribution >= 0.6 is 23.1 Å². The monoisotopic (exact) mass is 402 g/mol. The average Bonchev–Trinajstić information content (AvgIpc) is 3.12. The highest BCUT2D eigenvalue weighted by molar-refractivity contribution is 7.13. The van der Waals surface area contributed by atoms with Crippen LogP contribution in [-0.2, 0) is 0 Å². The molecular weight excluding hydrogens is 380 g/mol. The second kappa shape index (κ2) is 8.57. The third-order valence-corrected chi connectivity index (χ3v) is 6.25. The molecule has 4 rings (SSSR count). The van der Waals surface area contributed by atoms with E-state index in [4.69, 9.17) is 16.3 Å². The molecule has 0 spiro atoms. The molecule has 27 heavy (non-hydrogen) atoms. The number of piperidine rings is 1. The maximum Gasteiger partial charge on any atom is 0.138 e. The number of nitrogens with zero attached hydrogens (tertiary/aromatic N) is 2. The number of aliphatic hydroxyl groups excluding tert-OH is 1. The molecule has 0 unspecified atom stereocenters. The van der Waals surface area contributed by atoms with E-state index < -0.39 is 0 Å². The third kappa shape index (κ3) is 4.27. The number of likely N-dealkylation sites (tertiary alicyclic amines) is 1. The quantitative estimate of drug-likeness (QED) is 0.599. The Morgan fingerprint density at radius 1 is 1.15 bits per heavy atom. The second-order valence-electron chi connectivity index (χ2n) is 6.92. The van der Waals surface area contributed by atoms with Gasteiger partial charge in [-0.25, -0.2) is 0 Å². The zero-order chi connectivity index (χ0) is 18.6. The Bertz CT molecular complexity index is 906. The van der Waals surface area contributed by atoms with Gasteiger partial charge < -0.3 is 14.7 Å². The van der Waals surface area contributed by atoms with Crippen LogP contribution in [0.25, 0.3) is 21.3 Å². The zero-order valence-electron chi connectivity index (χ0n) is 15.1. The van der Waals surface area contributed by atoms with Gasteiger partial charge in [-0.3, -0.25) is 0 Å². The minimum Gasteiger partial charge on any atom is -0.492 e. The van der Waals surface area contributed by atoms with Gasteiger partial charge in [-0.2, -0.15) is 4.37 Å². The Kier molecular flexibility index (Phi) is 5.93. The summed E-state index contributed by atoms with van der Waals surface area (Å²) in [6.45, 7) is 3.55. The van der Waals surface area contributed by atoms with E-state index >= 15 is 0 Å². The van der Waals surface area contributed by atoms with Gasteiger partial charge in [0.2, 0.25) is 0 Å². The van der Waals surface area contributed by atoms with Crippen molar-refractivity contribution in [2.75, 3.05) is 26.2 Å². The maximum absolute atomic E-state index is 9.58. The first-order valence-corrected chi connectivity index (χ1v) is 10.5. The van der Waals surface area contributed by atoms with Gasteiger partial charge in [-0.15, -0.1) is 0 Å². The van der Waals surface area contributed by atoms with Crippen LogP contribution in [0.1, 0.15) is 19.3 Å². The van der Waals surface area contributed by atoms with Gasteiger partial charge in [0.1, 0.15) is 5.75 Å². The van der Waals surface area contributed by atoms with Crippen LogP contribution in [-0.4, -0.2) is 46.7 Å². The van der Waals surface area contributed by atoms with Crippen molar-refractivity contribution in [3.05, 3.63) is 47.5 Å². The number of ether oxygens (including phenoxy) is 1. The fourth-order valence-corrected chi connectivity index (χ4v) is 4.56. The van der Waals surface area contributed by atoms with Gasteiger partial charge in [0, 0.05) is 30.6 Å². The van der Waals surface area contributed by atoms with Crippen LogP contribution in [0, 0.1) is 0 Å². The lowest BCUT2D eigenvalue weighted by atomic mass is 10.1.